The minimum Gasteiger partial charge on any atom is -0.507 e. The Morgan fingerprint density at radius 2 is 1.38 bits per heavy atom. The second kappa shape index (κ2) is 7.53. The highest BCUT2D eigenvalue weighted by molar-refractivity contribution is 5.65. The van der Waals surface area contributed by atoms with Gasteiger partial charge in [0.05, 0.1) is 5.56 Å². The maximum atomic E-state index is 9.74. The van der Waals surface area contributed by atoms with Crippen molar-refractivity contribution in [2.24, 2.45) is 0 Å². The molecule has 24 heavy (non-hydrogen) atoms. The zero-order valence-corrected chi connectivity index (χ0v) is 13.8. The van der Waals surface area contributed by atoms with Crippen LogP contribution in [0.25, 0.3) is 11.1 Å². The molecule has 0 fully saturated rings. The molecule has 0 unspecified atom stereocenters. The van der Waals surface area contributed by atoms with Gasteiger partial charge in [0.2, 0.25) is 0 Å². The Morgan fingerprint density at radius 1 is 0.750 bits per heavy atom. The van der Waals surface area contributed by atoms with Gasteiger partial charge in [-0.05, 0) is 47.4 Å². The lowest BCUT2D eigenvalue weighted by Gasteiger charge is -2.04. The molecule has 0 amide bonds. The first kappa shape index (κ1) is 15.9. The first-order chi connectivity index (χ1) is 11.8. The van der Waals surface area contributed by atoms with E-state index < -0.39 is 0 Å². The van der Waals surface area contributed by atoms with Crippen LogP contribution in [0.5, 0.6) is 5.75 Å². The summed E-state index contributed by atoms with van der Waals surface area (Å²) in [6.45, 7) is 2.20. The molecule has 1 nitrogen and oxygen atoms in total. The summed E-state index contributed by atoms with van der Waals surface area (Å²) in [7, 11) is 0. The van der Waals surface area contributed by atoms with E-state index in [1.54, 1.807) is 12.1 Å². The van der Waals surface area contributed by atoms with Gasteiger partial charge < -0.3 is 5.11 Å². The SMILES string of the molecule is CCCc1ccc(-c2ccc(C#Cc3ccccc3O)cc2)cc1. The molecular formula is C23H20O. The van der Waals surface area contributed by atoms with Crippen molar-refractivity contribution in [2.45, 2.75) is 19.8 Å². The normalized spacial score (nSPS) is 10.0. The van der Waals surface area contributed by atoms with E-state index in [1.807, 2.05) is 24.3 Å². The second-order valence-corrected chi connectivity index (χ2v) is 5.79. The Balaban J connectivity index is 1.77. The van der Waals surface area contributed by atoms with Crippen molar-refractivity contribution >= 4 is 0 Å². The van der Waals surface area contributed by atoms with Gasteiger partial charge in [-0.2, -0.15) is 0 Å². The van der Waals surface area contributed by atoms with Crippen LogP contribution in [0, 0.1) is 11.8 Å². The van der Waals surface area contributed by atoms with Crippen LogP contribution in [0.2, 0.25) is 0 Å². The highest BCUT2D eigenvalue weighted by Crippen LogP contribution is 2.21. The van der Waals surface area contributed by atoms with E-state index in [0.29, 0.717) is 5.56 Å². The summed E-state index contributed by atoms with van der Waals surface area (Å²) in [6.07, 6.45) is 2.30. The summed E-state index contributed by atoms with van der Waals surface area (Å²) < 4.78 is 0. The molecule has 118 valence electrons. The third-order valence-corrected chi connectivity index (χ3v) is 3.96. The number of aryl methyl sites for hydroxylation is 1. The lowest BCUT2D eigenvalue weighted by molar-refractivity contribution is 0.473. The van der Waals surface area contributed by atoms with Gasteiger partial charge in [-0.25, -0.2) is 0 Å². The molecule has 0 radical (unpaired) electrons. The van der Waals surface area contributed by atoms with Gasteiger partial charge in [-0.3, -0.25) is 0 Å². The van der Waals surface area contributed by atoms with E-state index >= 15 is 0 Å². The van der Waals surface area contributed by atoms with E-state index in [4.69, 9.17) is 0 Å². The number of para-hydroxylation sites is 1. The summed E-state index contributed by atoms with van der Waals surface area (Å²) in [4.78, 5) is 0. The Bertz CT molecular complexity index is 862. The van der Waals surface area contributed by atoms with E-state index in [2.05, 4.69) is 55.2 Å². The first-order valence-electron chi connectivity index (χ1n) is 8.25. The van der Waals surface area contributed by atoms with Crippen molar-refractivity contribution < 1.29 is 5.11 Å². The van der Waals surface area contributed by atoms with Crippen molar-refractivity contribution in [2.75, 3.05) is 0 Å². The molecule has 1 N–H and O–H groups in total. The first-order valence-corrected chi connectivity index (χ1v) is 8.25. The molecule has 0 saturated carbocycles. The van der Waals surface area contributed by atoms with Gasteiger partial charge >= 0.3 is 0 Å². The molecule has 0 bridgehead atoms. The van der Waals surface area contributed by atoms with Crippen LogP contribution in [0.3, 0.4) is 0 Å². The summed E-state index contributed by atoms with van der Waals surface area (Å²) in [5, 5.41) is 9.74. The molecule has 0 aromatic heterocycles. The number of hydrogen-bond donors (Lipinski definition) is 1. The lowest BCUT2D eigenvalue weighted by atomic mass is 10.0. The zero-order chi connectivity index (χ0) is 16.8. The van der Waals surface area contributed by atoms with Gasteiger partial charge in [0, 0.05) is 5.56 Å². The molecule has 0 aliphatic heterocycles. The average Bonchev–Trinajstić information content (AvgIpc) is 2.63. The van der Waals surface area contributed by atoms with Gasteiger partial charge in [-0.1, -0.05) is 73.7 Å². The van der Waals surface area contributed by atoms with Gasteiger partial charge in [0.1, 0.15) is 5.75 Å². The standard InChI is InChI=1S/C23H20O/c1-2-5-18-8-13-20(14-9-18)21-15-10-19(11-16-21)12-17-22-6-3-4-7-23(22)24/h3-4,6-11,13-16,24H,2,5H2,1H3. The Labute approximate surface area is 143 Å². The fraction of sp³-hybridized carbons (Fsp3) is 0.130. The van der Waals surface area contributed by atoms with Crippen LogP contribution in [0.15, 0.2) is 72.8 Å². The van der Waals surface area contributed by atoms with Crippen molar-refractivity contribution in [3.63, 3.8) is 0 Å². The lowest BCUT2D eigenvalue weighted by Crippen LogP contribution is -1.84. The van der Waals surface area contributed by atoms with Crippen LogP contribution in [0.4, 0.5) is 0 Å². The van der Waals surface area contributed by atoms with Crippen molar-refractivity contribution in [1.82, 2.24) is 0 Å². The van der Waals surface area contributed by atoms with Crippen molar-refractivity contribution in [1.29, 1.82) is 0 Å². The van der Waals surface area contributed by atoms with E-state index in [9.17, 15) is 5.11 Å². The number of hydrogen-bond acceptors (Lipinski definition) is 1. The molecule has 0 atom stereocenters. The number of rotatable bonds is 3. The predicted molar refractivity (Wildman–Crippen MR) is 100.0 cm³/mol. The monoisotopic (exact) mass is 312 g/mol. The van der Waals surface area contributed by atoms with E-state index in [1.165, 1.54) is 23.1 Å². The molecule has 3 rings (SSSR count). The highest BCUT2D eigenvalue weighted by Gasteiger charge is 1.99. The maximum Gasteiger partial charge on any atom is 0.131 e. The number of phenols is 1. The van der Waals surface area contributed by atoms with Crippen LogP contribution in [0.1, 0.15) is 30.0 Å². The van der Waals surface area contributed by atoms with Crippen molar-refractivity contribution in [3.05, 3.63) is 89.5 Å². The number of aromatic hydroxyl groups is 1. The minimum absolute atomic E-state index is 0.216. The smallest absolute Gasteiger partial charge is 0.131 e. The van der Waals surface area contributed by atoms with E-state index in [0.717, 1.165) is 12.0 Å². The summed E-state index contributed by atoms with van der Waals surface area (Å²) >= 11 is 0. The van der Waals surface area contributed by atoms with Crippen molar-refractivity contribution in [3.8, 4) is 28.7 Å². The molecular weight excluding hydrogens is 292 g/mol. The number of phenolic OH excluding ortho intramolecular Hbond substituents is 1. The summed E-state index contributed by atoms with van der Waals surface area (Å²) in [5.74, 6) is 6.32. The average molecular weight is 312 g/mol. The largest absolute Gasteiger partial charge is 0.507 e. The van der Waals surface area contributed by atoms with Crippen LogP contribution in [-0.2, 0) is 6.42 Å². The quantitative estimate of drug-likeness (QED) is 0.641. The minimum atomic E-state index is 0.216. The van der Waals surface area contributed by atoms with Crippen LogP contribution in [-0.4, -0.2) is 5.11 Å². The Morgan fingerprint density at radius 3 is 2.00 bits per heavy atom. The second-order valence-electron chi connectivity index (χ2n) is 5.79. The molecule has 0 aliphatic carbocycles. The molecule has 3 aromatic carbocycles. The number of benzene rings is 3. The Hall–Kier alpha value is -2.98. The molecule has 0 spiro atoms. The fourth-order valence-corrected chi connectivity index (χ4v) is 2.62. The molecule has 3 aromatic rings. The van der Waals surface area contributed by atoms with Gasteiger partial charge in [-0.15, -0.1) is 0 Å². The molecule has 0 saturated heterocycles. The summed E-state index contributed by atoms with van der Waals surface area (Å²) in [5.41, 5.74) is 5.37. The van der Waals surface area contributed by atoms with Crippen LogP contribution >= 0.6 is 0 Å². The molecule has 0 heterocycles. The molecule has 1 heteroatoms. The van der Waals surface area contributed by atoms with E-state index in [-0.39, 0.29) is 5.75 Å². The topological polar surface area (TPSA) is 20.2 Å². The third kappa shape index (κ3) is 3.86. The summed E-state index contributed by atoms with van der Waals surface area (Å²) in [6, 6.07) is 24.1. The third-order valence-electron chi connectivity index (χ3n) is 3.96. The fourth-order valence-electron chi connectivity index (χ4n) is 2.62. The molecule has 0 aliphatic rings. The predicted octanol–water partition coefficient (Wildman–Crippen LogP) is 5.41. The van der Waals surface area contributed by atoms with Crippen LogP contribution < -0.4 is 0 Å². The Kier molecular flexibility index (Phi) is 4.99. The van der Waals surface area contributed by atoms with Gasteiger partial charge in [0.25, 0.3) is 0 Å². The zero-order valence-electron chi connectivity index (χ0n) is 13.8. The van der Waals surface area contributed by atoms with Gasteiger partial charge in [0.15, 0.2) is 0 Å². The maximum absolute atomic E-state index is 9.74. The highest BCUT2D eigenvalue weighted by atomic mass is 16.3.